The van der Waals surface area contributed by atoms with E-state index >= 15 is 0 Å². The van der Waals surface area contributed by atoms with Gasteiger partial charge in [0, 0.05) is 31.0 Å². The molecule has 0 fully saturated rings. The number of halogens is 2. The number of nitrogens with zero attached hydrogens (tertiary/aromatic N) is 3. The molecule has 3 aromatic rings. The van der Waals surface area contributed by atoms with Gasteiger partial charge in [0.25, 0.3) is 0 Å². The summed E-state index contributed by atoms with van der Waals surface area (Å²) in [6.45, 7) is 3.66. The molecule has 0 saturated heterocycles. The molecule has 1 aromatic heterocycles. The minimum absolute atomic E-state index is 0. The third-order valence-electron chi connectivity index (χ3n) is 3.87. The molecular formula is C20H23FIN5. The highest BCUT2D eigenvalue weighted by atomic mass is 127. The van der Waals surface area contributed by atoms with Crippen molar-refractivity contribution in [2.24, 2.45) is 4.99 Å². The minimum Gasteiger partial charge on any atom is -0.357 e. The summed E-state index contributed by atoms with van der Waals surface area (Å²) in [6.07, 6.45) is 3.66. The maximum Gasteiger partial charge on any atom is 0.191 e. The van der Waals surface area contributed by atoms with Gasteiger partial charge in [-0.05, 0) is 36.8 Å². The molecule has 0 aliphatic rings. The second-order valence-electron chi connectivity index (χ2n) is 5.76. The Morgan fingerprint density at radius 3 is 2.52 bits per heavy atom. The maximum atomic E-state index is 13.7. The molecule has 1 heterocycles. The lowest BCUT2D eigenvalue weighted by Crippen LogP contribution is -2.37. The molecule has 0 unspecified atom stereocenters. The predicted molar refractivity (Wildman–Crippen MR) is 117 cm³/mol. The summed E-state index contributed by atoms with van der Waals surface area (Å²) < 4.78 is 15.5. The van der Waals surface area contributed by atoms with E-state index in [2.05, 4.69) is 20.7 Å². The van der Waals surface area contributed by atoms with Gasteiger partial charge < -0.3 is 10.6 Å². The van der Waals surface area contributed by atoms with Crippen LogP contribution in [0.15, 0.2) is 72.0 Å². The van der Waals surface area contributed by atoms with Gasteiger partial charge in [-0.25, -0.2) is 14.1 Å². The van der Waals surface area contributed by atoms with Crippen LogP contribution in [-0.2, 0) is 13.1 Å². The molecule has 2 aromatic carbocycles. The van der Waals surface area contributed by atoms with E-state index in [-0.39, 0.29) is 29.8 Å². The van der Waals surface area contributed by atoms with Crippen LogP contribution in [0.2, 0.25) is 0 Å². The topological polar surface area (TPSA) is 54.2 Å². The van der Waals surface area contributed by atoms with Crippen molar-refractivity contribution >= 4 is 29.9 Å². The van der Waals surface area contributed by atoms with Crippen molar-refractivity contribution in [3.8, 4) is 5.69 Å². The Morgan fingerprint density at radius 1 is 1.07 bits per heavy atom. The van der Waals surface area contributed by atoms with E-state index in [1.54, 1.807) is 18.3 Å². The average molecular weight is 479 g/mol. The van der Waals surface area contributed by atoms with E-state index in [0.717, 1.165) is 17.8 Å². The fourth-order valence-corrected chi connectivity index (χ4v) is 2.51. The van der Waals surface area contributed by atoms with E-state index in [0.29, 0.717) is 24.6 Å². The number of guanidine groups is 1. The van der Waals surface area contributed by atoms with Gasteiger partial charge in [-0.1, -0.05) is 30.3 Å². The smallest absolute Gasteiger partial charge is 0.191 e. The van der Waals surface area contributed by atoms with Crippen LogP contribution in [0, 0.1) is 5.82 Å². The second kappa shape index (κ2) is 10.7. The minimum atomic E-state index is -0.218. The van der Waals surface area contributed by atoms with Gasteiger partial charge in [0.2, 0.25) is 0 Å². The zero-order valence-corrected chi connectivity index (χ0v) is 17.4. The highest BCUT2D eigenvalue weighted by Crippen LogP contribution is 2.09. The Bertz CT molecular complexity index is 847. The van der Waals surface area contributed by atoms with Crippen LogP contribution in [0.5, 0.6) is 0 Å². The lowest BCUT2D eigenvalue weighted by Gasteiger charge is -2.12. The lowest BCUT2D eigenvalue weighted by atomic mass is 10.2. The molecule has 0 atom stereocenters. The van der Waals surface area contributed by atoms with E-state index in [1.165, 1.54) is 6.07 Å². The maximum absolute atomic E-state index is 13.7. The highest BCUT2D eigenvalue weighted by Gasteiger charge is 2.03. The van der Waals surface area contributed by atoms with Crippen molar-refractivity contribution in [2.45, 2.75) is 20.0 Å². The molecule has 0 amide bonds. The summed E-state index contributed by atoms with van der Waals surface area (Å²) in [4.78, 5) is 4.57. The van der Waals surface area contributed by atoms with Crippen LogP contribution >= 0.6 is 24.0 Å². The number of aromatic nitrogens is 2. The first kappa shape index (κ1) is 20.9. The Labute approximate surface area is 175 Å². The van der Waals surface area contributed by atoms with Crippen molar-refractivity contribution in [1.29, 1.82) is 0 Å². The van der Waals surface area contributed by atoms with E-state index in [1.807, 2.05) is 54.2 Å². The molecule has 0 saturated carbocycles. The van der Waals surface area contributed by atoms with Crippen LogP contribution in [0.3, 0.4) is 0 Å². The van der Waals surface area contributed by atoms with Gasteiger partial charge in [0.05, 0.1) is 12.2 Å². The van der Waals surface area contributed by atoms with Crippen molar-refractivity contribution in [1.82, 2.24) is 20.4 Å². The number of benzene rings is 2. The molecule has 5 nitrogen and oxygen atoms in total. The van der Waals surface area contributed by atoms with Crippen LogP contribution in [0.4, 0.5) is 4.39 Å². The number of rotatable bonds is 6. The normalized spacial score (nSPS) is 11.0. The molecule has 2 N–H and O–H groups in total. The van der Waals surface area contributed by atoms with Crippen LogP contribution in [0.25, 0.3) is 5.69 Å². The molecule has 3 rings (SSSR count). The molecule has 0 aliphatic heterocycles. The molecule has 0 radical (unpaired) electrons. The Hall–Kier alpha value is -2.42. The van der Waals surface area contributed by atoms with Gasteiger partial charge >= 0.3 is 0 Å². The van der Waals surface area contributed by atoms with E-state index < -0.39 is 0 Å². The SMILES string of the molecule is CCNC(=NCc1ccc(-n2cccn2)cc1)NCc1ccccc1F.I. The molecule has 142 valence electrons. The van der Waals surface area contributed by atoms with E-state index in [4.69, 9.17) is 0 Å². The van der Waals surface area contributed by atoms with E-state index in [9.17, 15) is 4.39 Å². The average Bonchev–Trinajstić information content (AvgIpc) is 3.20. The molecule has 0 aliphatic carbocycles. The summed E-state index contributed by atoms with van der Waals surface area (Å²) in [5.74, 6) is 0.442. The third-order valence-corrected chi connectivity index (χ3v) is 3.87. The van der Waals surface area contributed by atoms with Crippen molar-refractivity contribution < 1.29 is 4.39 Å². The first-order valence-corrected chi connectivity index (χ1v) is 8.61. The fraction of sp³-hybridized carbons (Fsp3) is 0.200. The first-order chi connectivity index (χ1) is 12.8. The summed E-state index contributed by atoms with van der Waals surface area (Å²) >= 11 is 0. The van der Waals surface area contributed by atoms with Gasteiger partial charge in [0.15, 0.2) is 5.96 Å². The number of aliphatic imine (C=N–C) groups is 1. The highest BCUT2D eigenvalue weighted by molar-refractivity contribution is 14.0. The summed E-state index contributed by atoms with van der Waals surface area (Å²) in [5.41, 5.74) is 2.71. The molecule has 7 heteroatoms. The summed E-state index contributed by atoms with van der Waals surface area (Å²) in [5, 5.41) is 10.6. The zero-order valence-electron chi connectivity index (χ0n) is 15.1. The lowest BCUT2D eigenvalue weighted by molar-refractivity contribution is 0.604. The Kier molecular flexibility index (Phi) is 8.25. The molecule has 0 bridgehead atoms. The fourth-order valence-electron chi connectivity index (χ4n) is 2.51. The van der Waals surface area contributed by atoms with Crippen molar-refractivity contribution in [3.05, 3.63) is 83.9 Å². The third kappa shape index (κ3) is 6.06. The quantitative estimate of drug-likeness (QED) is 0.321. The Morgan fingerprint density at radius 2 is 1.85 bits per heavy atom. The largest absolute Gasteiger partial charge is 0.357 e. The number of nitrogens with one attached hydrogen (secondary N) is 2. The molecule has 0 spiro atoms. The monoisotopic (exact) mass is 479 g/mol. The van der Waals surface area contributed by atoms with Crippen molar-refractivity contribution in [2.75, 3.05) is 6.54 Å². The van der Waals surface area contributed by atoms with Crippen LogP contribution in [0.1, 0.15) is 18.1 Å². The van der Waals surface area contributed by atoms with Gasteiger partial charge in [-0.3, -0.25) is 0 Å². The molecule has 27 heavy (non-hydrogen) atoms. The predicted octanol–water partition coefficient (Wildman–Crippen LogP) is 3.88. The standard InChI is InChI=1S/C20H22FN5.HI/c1-2-22-20(24-15-17-6-3-4-7-19(17)21)23-14-16-8-10-18(11-9-16)26-13-5-12-25-26;/h3-13H,2,14-15H2,1H3,(H2,22,23,24);1H. The molecular weight excluding hydrogens is 456 g/mol. The Balaban J connectivity index is 0.00000261. The first-order valence-electron chi connectivity index (χ1n) is 8.61. The summed E-state index contributed by atoms with van der Waals surface area (Å²) in [6, 6.07) is 16.7. The zero-order chi connectivity index (χ0) is 18.2. The van der Waals surface area contributed by atoms with Gasteiger partial charge in [-0.15, -0.1) is 24.0 Å². The summed E-state index contributed by atoms with van der Waals surface area (Å²) in [7, 11) is 0. The van der Waals surface area contributed by atoms with Gasteiger partial charge in [-0.2, -0.15) is 5.10 Å². The van der Waals surface area contributed by atoms with Crippen LogP contribution < -0.4 is 10.6 Å². The second-order valence-corrected chi connectivity index (χ2v) is 5.76. The van der Waals surface area contributed by atoms with Crippen LogP contribution in [-0.4, -0.2) is 22.3 Å². The number of hydrogen-bond donors (Lipinski definition) is 2. The van der Waals surface area contributed by atoms with Crippen molar-refractivity contribution in [3.63, 3.8) is 0 Å². The number of hydrogen-bond acceptors (Lipinski definition) is 2. The van der Waals surface area contributed by atoms with Gasteiger partial charge in [0.1, 0.15) is 5.82 Å².